The highest BCUT2D eigenvalue weighted by atomic mass is 16.2. The Morgan fingerprint density at radius 2 is 1.90 bits per heavy atom. The van der Waals surface area contributed by atoms with Gasteiger partial charge in [0.1, 0.15) is 6.67 Å². The lowest BCUT2D eigenvalue weighted by Gasteiger charge is -2.42. The monoisotopic (exact) mass is 403 g/mol. The molecule has 2 amide bonds. The number of carbonyl (C=O) groups is 2. The fourth-order valence-electron chi connectivity index (χ4n) is 4.88. The zero-order valence-corrected chi connectivity index (χ0v) is 17.9. The molecule has 0 saturated heterocycles. The van der Waals surface area contributed by atoms with Crippen LogP contribution in [0.25, 0.3) is 10.8 Å². The van der Waals surface area contributed by atoms with Crippen molar-refractivity contribution < 1.29 is 9.59 Å². The molecule has 0 spiro atoms. The van der Waals surface area contributed by atoms with Gasteiger partial charge in [0.2, 0.25) is 5.91 Å². The summed E-state index contributed by atoms with van der Waals surface area (Å²) in [4.78, 5) is 34.0. The molecule has 1 aliphatic heterocycles. The quantitative estimate of drug-likeness (QED) is 0.693. The first-order valence-electron chi connectivity index (χ1n) is 10.7. The van der Waals surface area contributed by atoms with Gasteiger partial charge in [-0.05, 0) is 41.9 Å². The van der Waals surface area contributed by atoms with E-state index >= 15 is 0 Å². The number of carbonyl (C=O) groups excluding carboxylic acids is 2. The molecule has 5 heteroatoms. The van der Waals surface area contributed by atoms with Crippen LogP contribution >= 0.6 is 0 Å². The van der Waals surface area contributed by atoms with E-state index in [0.717, 1.165) is 53.3 Å². The lowest BCUT2D eigenvalue weighted by molar-refractivity contribution is -0.117. The lowest BCUT2D eigenvalue weighted by atomic mass is 9.90. The van der Waals surface area contributed by atoms with Gasteiger partial charge < -0.3 is 4.90 Å². The standard InChI is InChI=1S/C25H29N3O2/c1-17(15-26-3)13-19-14-23-24(22-12-8-7-11-21(19)22)27(18(2)29)16-28(25(23)30)20-9-5-4-6-10-20/h7-8,11-12,14-15,20H,1,4-6,9-10,13,16H2,2-3H3/b26-15-. The first-order chi connectivity index (χ1) is 14.5. The zero-order valence-electron chi connectivity index (χ0n) is 17.9. The Morgan fingerprint density at radius 3 is 2.57 bits per heavy atom. The molecule has 5 nitrogen and oxygen atoms in total. The van der Waals surface area contributed by atoms with Gasteiger partial charge in [-0.15, -0.1) is 0 Å². The second-order valence-corrected chi connectivity index (χ2v) is 8.36. The van der Waals surface area contributed by atoms with Gasteiger partial charge in [0.15, 0.2) is 0 Å². The lowest BCUT2D eigenvalue weighted by Crippen LogP contribution is -2.53. The summed E-state index contributed by atoms with van der Waals surface area (Å²) in [5.74, 6) is 0.00108. The molecular weight excluding hydrogens is 374 g/mol. The van der Waals surface area contributed by atoms with Gasteiger partial charge in [-0.3, -0.25) is 19.5 Å². The molecule has 2 aromatic rings. The van der Waals surface area contributed by atoms with E-state index in [1.807, 2.05) is 29.2 Å². The predicted octanol–water partition coefficient (Wildman–Crippen LogP) is 4.74. The molecule has 0 unspecified atom stereocenters. The van der Waals surface area contributed by atoms with E-state index in [4.69, 9.17) is 0 Å². The molecule has 0 bridgehead atoms. The maximum Gasteiger partial charge on any atom is 0.257 e. The van der Waals surface area contributed by atoms with E-state index in [0.29, 0.717) is 18.7 Å². The van der Waals surface area contributed by atoms with E-state index in [1.165, 1.54) is 6.42 Å². The molecule has 1 aliphatic carbocycles. The van der Waals surface area contributed by atoms with Gasteiger partial charge in [0.05, 0.1) is 11.3 Å². The Hall–Kier alpha value is -2.95. The van der Waals surface area contributed by atoms with E-state index in [-0.39, 0.29) is 17.9 Å². The van der Waals surface area contributed by atoms with Crippen molar-refractivity contribution in [3.05, 3.63) is 53.6 Å². The number of allylic oxidation sites excluding steroid dienone is 1. The van der Waals surface area contributed by atoms with Crippen LogP contribution in [0.15, 0.2) is 47.5 Å². The predicted molar refractivity (Wildman–Crippen MR) is 122 cm³/mol. The summed E-state index contributed by atoms with van der Waals surface area (Å²) in [6.45, 7) is 6.02. The number of hydrogen-bond donors (Lipinski definition) is 0. The van der Waals surface area contributed by atoms with Gasteiger partial charge in [-0.25, -0.2) is 0 Å². The maximum absolute atomic E-state index is 13.6. The van der Waals surface area contributed by atoms with E-state index < -0.39 is 0 Å². The Labute approximate surface area is 178 Å². The summed E-state index contributed by atoms with van der Waals surface area (Å²) in [5, 5.41) is 1.99. The highest BCUT2D eigenvalue weighted by Crippen LogP contribution is 2.39. The first kappa shape index (κ1) is 20.3. The number of benzene rings is 2. The molecule has 30 heavy (non-hydrogen) atoms. The molecule has 1 fully saturated rings. The van der Waals surface area contributed by atoms with E-state index in [9.17, 15) is 9.59 Å². The number of hydrogen-bond acceptors (Lipinski definition) is 3. The number of aliphatic imine (C=N–C) groups is 1. The molecule has 156 valence electrons. The fourth-order valence-corrected chi connectivity index (χ4v) is 4.88. The molecular formula is C25H29N3O2. The second-order valence-electron chi connectivity index (χ2n) is 8.36. The van der Waals surface area contributed by atoms with Crippen LogP contribution in [-0.2, 0) is 11.2 Å². The molecule has 0 atom stereocenters. The van der Waals surface area contributed by atoms with E-state index in [1.54, 1.807) is 25.1 Å². The largest absolute Gasteiger partial charge is 0.317 e. The molecule has 0 aromatic heterocycles. The van der Waals surface area contributed by atoms with Crippen molar-refractivity contribution >= 4 is 34.5 Å². The van der Waals surface area contributed by atoms with Gasteiger partial charge in [-0.1, -0.05) is 50.1 Å². The Bertz CT molecular complexity index is 1030. The summed E-state index contributed by atoms with van der Waals surface area (Å²) >= 11 is 0. The minimum Gasteiger partial charge on any atom is -0.317 e. The minimum absolute atomic E-state index is 0.0370. The van der Waals surface area contributed by atoms with Crippen molar-refractivity contribution in [3.63, 3.8) is 0 Å². The number of fused-ring (bicyclic) bond motifs is 3. The van der Waals surface area contributed by atoms with Crippen molar-refractivity contribution in [1.82, 2.24) is 4.90 Å². The fraction of sp³-hybridized carbons (Fsp3) is 0.400. The van der Waals surface area contributed by atoms with Crippen molar-refractivity contribution in [1.29, 1.82) is 0 Å². The summed E-state index contributed by atoms with van der Waals surface area (Å²) in [6, 6.07) is 10.2. The molecule has 0 N–H and O–H groups in total. The molecule has 4 rings (SSSR count). The Balaban J connectivity index is 1.88. The highest BCUT2D eigenvalue weighted by Gasteiger charge is 2.37. The third-order valence-corrected chi connectivity index (χ3v) is 6.28. The second kappa shape index (κ2) is 8.42. The van der Waals surface area contributed by atoms with Crippen LogP contribution in [0.5, 0.6) is 0 Å². The van der Waals surface area contributed by atoms with Crippen LogP contribution in [-0.4, -0.2) is 42.7 Å². The summed E-state index contributed by atoms with van der Waals surface area (Å²) < 4.78 is 0. The first-order valence-corrected chi connectivity index (χ1v) is 10.7. The third-order valence-electron chi connectivity index (χ3n) is 6.28. The zero-order chi connectivity index (χ0) is 21.3. The Morgan fingerprint density at radius 1 is 1.20 bits per heavy atom. The van der Waals surface area contributed by atoms with Gasteiger partial charge in [-0.2, -0.15) is 0 Å². The average molecular weight is 404 g/mol. The van der Waals surface area contributed by atoms with Gasteiger partial charge in [0, 0.05) is 31.6 Å². The van der Waals surface area contributed by atoms with Crippen LogP contribution < -0.4 is 4.90 Å². The van der Waals surface area contributed by atoms with Crippen molar-refractivity contribution in [2.75, 3.05) is 18.6 Å². The van der Waals surface area contributed by atoms with Crippen molar-refractivity contribution in [2.45, 2.75) is 51.5 Å². The van der Waals surface area contributed by atoms with Crippen molar-refractivity contribution in [2.24, 2.45) is 4.99 Å². The van der Waals surface area contributed by atoms with E-state index in [2.05, 4.69) is 17.6 Å². The van der Waals surface area contributed by atoms with Gasteiger partial charge >= 0.3 is 0 Å². The summed E-state index contributed by atoms with van der Waals surface area (Å²) in [6.07, 6.45) is 7.89. The number of amides is 2. The molecule has 2 aromatic carbocycles. The summed E-state index contributed by atoms with van der Waals surface area (Å²) in [5.41, 5.74) is 3.29. The molecule has 2 aliphatic rings. The van der Waals surface area contributed by atoms with Crippen LogP contribution in [0, 0.1) is 0 Å². The van der Waals surface area contributed by atoms with Crippen LogP contribution in [0.2, 0.25) is 0 Å². The van der Waals surface area contributed by atoms with Crippen molar-refractivity contribution in [3.8, 4) is 0 Å². The normalized spacial score (nSPS) is 17.6. The van der Waals surface area contributed by atoms with Crippen LogP contribution in [0.1, 0.15) is 54.9 Å². The number of nitrogens with zero attached hydrogens (tertiary/aromatic N) is 3. The highest BCUT2D eigenvalue weighted by molar-refractivity contribution is 6.16. The van der Waals surface area contributed by atoms with Crippen LogP contribution in [0.3, 0.4) is 0 Å². The van der Waals surface area contributed by atoms with Gasteiger partial charge in [0.25, 0.3) is 5.91 Å². The third kappa shape index (κ3) is 3.64. The average Bonchev–Trinajstić information content (AvgIpc) is 2.75. The SMILES string of the molecule is C=C(/C=N\C)Cc1cc2c(c3ccccc13)N(C(C)=O)CN(C1CCCCC1)C2=O. The number of rotatable bonds is 4. The maximum atomic E-state index is 13.6. The topological polar surface area (TPSA) is 53.0 Å². The Kier molecular flexibility index (Phi) is 5.71. The summed E-state index contributed by atoms with van der Waals surface area (Å²) in [7, 11) is 1.73. The molecule has 0 radical (unpaired) electrons. The minimum atomic E-state index is -0.0370. The molecule has 1 saturated carbocycles. The molecule has 1 heterocycles. The number of anilines is 1. The smallest absolute Gasteiger partial charge is 0.257 e. The van der Waals surface area contributed by atoms with Crippen LogP contribution in [0.4, 0.5) is 5.69 Å².